The molecule has 14 heavy (non-hydrogen) atoms. The molecule has 1 aromatic heterocycles. The fourth-order valence-electron chi connectivity index (χ4n) is 1.68. The van der Waals surface area contributed by atoms with Crippen molar-refractivity contribution >= 4 is 27.3 Å². The zero-order valence-electron chi connectivity index (χ0n) is 9.48. The molecule has 0 aliphatic heterocycles. The molecule has 2 heteroatoms. The normalized spacial score (nSPS) is 12.1. The molecule has 0 N–H and O–H groups in total. The molecule has 0 radical (unpaired) electrons. The first-order chi connectivity index (χ1) is 6.47. The molecule has 0 fully saturated rings. The van der Waals surface area contributed by atoms with Gasteiger partial charge >= 0.3 is 0 Å². The van der Waals surface area contributed by atoms with Gasteiger partial charge in [0.05, 0.1) is 0 Å². The first kappa shape index (κ1) is 12.3. The summed E-state index contributed by atoms with van der Waals surface area (Å²) < 4.78 is 1.29. The fourth-order valence-corrected chi connectivity index (χ4v) is 3.98. The standard InChI is InChI=1S/C12H19BrS/c1-5-6-7-12(3,4)11-10(13)8-9(2)14-11/h8H,5-7H2,1-4H3. The van der Waals surface area contributed by atoms with Crippen molar-refractivity contribution in [3.8, 4) is 0 Å². The number of unbranched alkanes of at least 4 members (excludes halogenated alkanes) is 1. The lowest BCUT2D eigenvalue weighted by molar-refractivity contribution is 0.464. The number of aryl methyl sites for hydroxylation is 1. The zero-order chi connectivity index (χ0) is 10.8. The topological polar surface area (TPSA) is 0 Å². The highest BCUT2D eigenvalue weighted by atomic mass is 79.9. The molecule has 0 amide bonds. The van der Waals surface area contributed by atoms with Crippen LogP contribution in [0.1, 0.15) is 49.8 Å². The Kier molecular flexibility index (Phi) is 4.20. The minimum absolute atomic E-state index is 0.327. The Morgan fingerprint density at radius 3 is 2.50 bits per heavy atom. The predicted octanol–water partition coefficient (Wildman–Crippen LogP) is 5.29. The van der Waals surface area contributed by atoms with Gasteiger partial charge in [0, 0.05) is 19.6 Å². The van der Waals surface area contributed by atoms with Gasteiger partial charge in [0.2, 0.25) is 0 Å². The van der Waals surface area contributed by atoms with E-state index in [1.165, 1.54) is 33.5 Å². The summed E-state index contributed by atoms with van der Waals surface area (Å²) in [6.45, 7) is 9.12. The summed E-state index contributed by atoms with van der Waals surface area (Å²) in [5, 5.41) is 0. The largest absolute Gasteiger partial charge is 0.144 e. The van der Waals surface area contributed by atoms with E-state index in [2.05, 4.69) is 49.7 Å². The third kappa shape index (κ3) is 2.83. The molecule has 1 heterocycles. The van der Waals surface area contributed by atoms with Crippen molar-refractivity contribution in [1.29, 1.82) is 0 Å². The lowest BCUT2D eigenvalue weighted by Crippen LogP contribution is -2.15. The van der Waals surface area contributed by atoms with E-state index in [1.807, 2.05) is 11.3 Å². The Labute approximate surface area is 99.9 Å². The molecule has 0 aliphatic rings. The van der Waals surface area contributed by atoms with Gasteiger partial charge in [0.25, 0.3) is 0 Å². The third-order valence-electron chi connectivity index (χ3n) is 2.58. The Balaban J connectivity index is 2.85. The summed E-state index contributed by atoms with van der Waals surface area (Å²) in [5.74, 6) is 0. The van der Waals surface area contributed by atoms with E-state index in [4.69, 9.17) is 0 Å². The minimum Gasteiger partial charge on any atom is -0.144 e. The summed E-state index contributed by atoms with van der Waals surface area (Å²) in [6.07, 6.45) is 3.88. The van der Waals surface area contributed by atoms with Crippen molar-refractivity contribution < 1.29 is 0 Å². The van der Waals surface area contributed by atoms with Crippen LogP contribution in [0.15, 0.2) is 10.5 Å². The van der Waals surface area contributed by atoms with Crippen molar-refractivity contribution in [2.45, 2.75) is 52.4 Å². The number of halogens is 1. The van der Waals surface area contributed by atoms with E-state index in [1.54, 1.807) is 0 Å². The van der Waals surface area contributed by atoms with Gasteiger partial charge in [0.15, 0.2) is 0 Å². The van der Waals surface area contributed by atoms with Crippen molar-refractivity contribution in [3.63, 3.8) is 0 Å². The highest BCUT2D eigenvalue weighted by Gasteiger charge is 2.24. The van der Waals surface area contributed by atoms with Crippen LogP contribution in [0.2, 0.25) is 0 Å². The zero-order valence-corrected chi connectivity index (χ0v) is 11.9. The van der Waals surface area contributed by atoms with Gasteiger partial charge < -0.3 is 0 Å². The molecular formula is C12H19BrS. The second kappa shape index (κ2) is 4.80. The summed E-state index contributed by atoms with van der Waals surface area (Å²) >= 11 is 5.58. The molecule has 0 atom stereocenters. The van der Waals surface area contributed by atoms with Crippen LogP contribution in [-0.2, 0) is 5.41 Å². The first-order valence-corrected chi connectivity index (χ1v) is 6.84. The fraction of sp³-hybridized carbons (Fsp3) is 0.667. The van der Waals surface area contributed by atoms with Gasteiger partial charge in [-0.1, -0.05) is 33.6 Å². The molecule has 0 nitrogen and oxygen atoms in total. The Morgan fingerprint density at radius 2 is 2.07 bits per heavy atom. The van der Waals surface area contributed by atoms with E-state index >= 15 is 0 Å². The van der Waals surface area contributed by atoms with E-state index in [0.717, 1.165) is 0 Å². The quantitative estimate of drug-likeness (QED) is 0.700. The van der Waals surface area contributed by atoms with E-state index in [0.29, 0.717) is 5.41 Å². The number of thiophene rings is 1. The number of hydrogen-bond donors (Lipinski definition) is 0. The maximum Gasteiger partial charge on any atom is 0.0322 e. The van der Waals surface area contributed by atoms with Gasteiger partial charge in [-0.3, -0.25) is 0 Å². The Bertz CT molecular complexity index is 299. The van der Waals surface area contributed by atoms with Crippen LogP contribution in [0.25, 0.3) is 0 Å². The van der Waals surface area contributed by atoms with Gasteiger partial charge in [-0.25, -0.2) is 0 Å². The van der Waals surface area contributed by atoms with Crippen LogP contribution in [0.4, 0.5) is 0 Å². The lowest BCUT2D eigenvalue weighted by Gasteiger charge is -2.23. The second-order valence-corrected chi connectivity index (χ2v) is 6.63. The molecule has 1 aromatic rings. The monoisotopic (exact) mass is 274 g/mol. The number of hydrogen-bond acceptors (Lipinski definition) is 1. The smallest absolute Gasteiger partial charge is 0.0322 e. The molecule has 0 saturated heterocycles. The molecule has 1 rings (SSSR count). The highest BCUT2D eigenvalue weighted by molar-refractivity contribution is 9.10. The second-order valence-electron chi connectivity index (χ2n) is 4.52. The number of rotatable bonds is 4. The lowest BCUT2D eigenvalue weighted by atomic mass is 9.86. The SMILES string of the molecule is CCCCC(C)(C)c1sc(C)cc1Br. The summed E-state index contributed by atoms with van der Waals surface area (Å²) in [7, 11) is 0. The van der Waals surface area contributed by atoms with Gasteiger partial charge in [-0.2, -0.15) is 0 Å². The van der Waals surface area contributed by atoms with E-state index < -0.39 is 0 Å². The van der Waals surface area contributed by atoms with Crippen LogP contribution >= 0.6 is 27.3 Å². The molecule has 0 spiro atoms. The summed E-state index contributed by atoms with van der Waals surface area (Å²) in [5.41, 5.74) is 0.327. The maximum atomic E-state index is 3.66. The molecule has 80 valence electrons. The Hall–Kier alpha value is 0.180. The minimum atomic E-state index is 0.327. The predicted molar refractivity (Wildman–Crippen MR) is 69.3 cm³/mol. The summed E-state index contributed by atoms with van der Waals surface area (Å²) in [4.78, 5) is 2.90. The van der Waals surface area contributed by atoms with Gasteiger partial charge in [-0.15, -0.1) is 11.3 Å². The van der Waals surface area contributed by atoms with Crippen molar-refractivity contribution in [1.82, 2.24) is 0 Å². The van der Waals surface area contributed by atoms with Gasteiger partial charge in [0.1, 0.15) is 0 Å². The maximum absolute atomic E-state index is 3.66. The van der Waals surface area contributed by atoms with Gasteiger partial charge in [-0.05, 0) is 35.3 Å². The molecule has 0 unspecified atom stereocenters. The van der Waals surface area contributed by atoms with E-state index in [9.17, 15) is 0 Å². The highest BCUT2D eigenvalue weighted by Crippen LogP contribution is 2.39. The average molecular weight is 275 g/mol. The van der Waals surface area contributed by atoms with Crippen LogP contribution < -0.4 is 0 Å². The third-order valence-corrected chi connectivity index (χ3v) is 4.88. The van der Waals surface area contributed by atoms with Crippen molar-refractivity contribution in [3.05, 3.63) is 20.3 Å². The van der Waals surface area contributed by atoms with Crippen LogP contribution in [0.5, 0.6) is 0 Å². The van der Waals surface area contributed by atoms with E-state index in [-0.39, 0.29) is 0 Å². The van der Waals surface area contributed by atoms with Crippen LogP contribution in [0.3, 0.4) is 0 Å². The molecule has 0 bridgehead atoms. The van der Waals surface area contributed by atoms with Crippen LogP contribution in [0, 0.1) is 6.92 Å². The first-order valence-electron chi connectivity index (χ1n) is 5.24. The molecule has 0 saturated carbocycles. The summed E-state index contributed by atoms with van der Waals surface area (Å²) in [6, 6.07) is 2.23. The van der Waals surface area contributed by atoms with Crippen LogP contribution in [-0.4, -0.2) is 0 Å². The van der Waals surface area contributed by atoms with Crippen molar-refractivity contribution in [2.24, 2.45) is 0 Å². The molecule has 0 aliphatic carbocycles. The van der Waals surface area contributed by atoms with Crippen molar-refractivity contribution in [2.75, 3.05) is 0 Å². The molecular weight excluding hydrogens is 256 g/mol. The average Bonchev–Trinajstić information content (AvgIpc) is 2.42. The molecule has 0 aromatic carbocycles. The Morgan fingerprint density at radius 1 is 1.43 bits per heavy atom.